The molecule has 2 aliphatic rings. The molecule has 2 fully saturated rings. The van der Waals surface area contributed by atoms with E-state index in [1.54, 1.807) is 0 Å². The highest BCUT2D eigenvalue weighted by Crippen LogP contribution is 2.30. The van der Waals surface area contributed by atoms with E-state index in [0.29, 0.717) is 0 Å². The zero-order valence-electron chi connectivity index (χ0n) is 15.0. The van der Waals surface area contributed by atoms with Crippen LogP contribution in [0.3, 0.4) is 0 Å². The summed E-state index contributed by atoms with van der Waals surface area (Å²) in [7, 11) is 0. The molecule has 0 N–H and O–H groups in total. The van der Waals surface area contributed by atoms with Crippen LogP contribution in [0.15, 0.2) is 0 Å². The smallest absolute Gasteiger partial charge is 0.00385 e. The van der Waals surface area contributed by atoms with Gasteiger partial charge >= 0.3 is 0 Å². The quantitative estimate of drug-likeness (QED) is 0.758. The lowest BCUT2D eigenvalue weighted by atomic mass is 9.85. The molecule has 0 radical (unpaired) electrons. The van der Waals surface area contributed by atoms with Crippen molar-refractivity contribution in [3.8, 4) is 0 Å². The van der Waals surface area contributed by atoms with Crippen LogP contribution in [0.5, 0.6) is 0 Å². The third kappa shape index (κ3) is 5.56. The fourth-order valence-electron chi connectivity index (χ4n) is 4.35. The van der Waals surface area contributed by atoms with Crippen LogP contribution in [-0.4, -0.2) is 48.1 Å². The van der Waals surface area contributed by atoms with Gasteiger partial charge in [-0.3, -0.25) is 0 Å². The molecule has 0 bridgehead atoms. The van der Waals surface area contributed by atoms with Crippen LogP contribution >= 0.6 is 0 Å². The van der Waals surface area contributed by atoms with E-state index in [1.165, 1.54) is 71.1 Å². The molecule has 0 amide bonds. The maximum atomic E-state index is 2.69. The molecular formula is C19H38N2. The summed E-state index contributed by atoms with van der Waals surface area (Å²) in [5.41, 5.74) is 0. The van der Waals surface area contributed by atoms with Gasteiger partial charge in [-0.05, 0) is 111 Å². The Morgan fingerprint density at radius 3 is 1.48 bits per heavy atom. The molecule has 21 heavy (non-hydrogen) atoms. The highest BCUT2D eigenvalue weighted by Gasteiger charge is 2.24. The Kier molecular flexibility index (Phi) is 7.01. The first kappa shape index (κ1) is 17.3. The van der Waals surface area contributed by atoms with Crippen molar-refractivity contribution in [2.24, 2.45) is 11.8 Å². The average Bonchev–Trinajstić information content (AvgIpc) is 2.79. The van der Waals surface area contributed by atoms with E-state index in [4.69, 9.17) is 0 Å². The van der Waals surface area contributed by atoms with Gasteiger partial charge < -0.3 is 9.80 Å². The summed E-state index contributed by atoms with van der Waals surface area (Å²) < 4.78 is 0. The van der Waals surface area contributed by atoms with Crippen LogP contribution in [0.4, 0.5) is 0 Å². The van der Waals surface area contributed by atoms with Gasteiger partial charge in [-0.15, -0.1) is 0 Å². The lowest BCUT2D eigenvalue weighted by Gasteiger charge is -2.25. The van der Waals surface area contributed by atoms with Crippen LogP contribution < -0.4 is 0 Å². The van der Waals surface area contributed by atoms with Gasteiger partial charge in [0.15, 0.2) is 0 Å². The Morgan fingerprint density at radius 2 is 1.10 bits per heavy atom. The van der Waals surface area contributed by atoms with Crippen molar-refractivity contribution in [1.82, 2.24) is 9.80 Å². The van der Waals surface area contributed by atoms with Gasteiger partial charge in [0.05, 0.1) is 0 Å². The van der Waals surface area contributed by atoms with Gasteiger partial charge in [0.1, 0.15) is 0 Å². The zero-order valence-corrected chi connectivity index (χ0v) is 15.0. The third-order valence-corrected chi connectivity index (χ3v) is 5.89. The van der Waals surface area contributed by atoms with Crippen LogP contribution in [0.25, 0.3) is 0 Å². The molecule has 2 heteroatoms. The highest BCUT2D eigenvalue weighted by atomic mass is 15.1. The number of hydrogen-bond donors (Lipinski definition) is 0. The molecule has 2 nitrogen and oxygen atoms in total. The molecule has 2 atom stereocenters. The van der Waals surface area contributed by atoms with Crippen LogP contribution in [-0.2, 0) is 0 Å². The van der Waals surface area contributed by atoms with Gasteiger partial charge in [0.2, 0.25) is 0 Å². The Hall–Kier alpha value is -0.0800. The van der Waals surface area contributed by atoms with E-state index in [2.05, 4.69) is 37.5 Å². The van der Waals surface area contributed by atoms with Gasteiger partial charge in [0, 0.05) is 12.1 Å². The maximum absolute atomic E-state index is 2.69. The minimum atomic E-state index is 0.737. The highest BCUT2D eigenvalue weighted by molar-refractivity contribution is 4.78. The molecule has 2 unspecified atom stereocenters. The maximum Gasteiger partial charge on any atom is 0.00385 e. The predicted octanol–water partition coefficient (Wildman–Crippen LogP) is 4.40. The summed E-state index contributed by atoms with van der Waals surface area (Å²) in [4.78, 5) is 5.38. The molecule has 0 saturated carbocycles. The molecule has 2 saturated heterocycles. The first-order valence-corrected chi connectivity index (χ1v) is 9.54. The van der Waals surface area contributed by atoms with E-state index < -0.39 is 0 Å². The molecule has 0 spiro atoms. The minimum Gasteiger partial charge on any atom is -0.301 e. The Bertz CT molecular complexity index is 259. The summed E-state index contributed by atoms with van der Waals surface area (Å²) in [6, 6.07) is 1.47. The van der Waals surface area contributed by atoms with Crippen molar-refractivity contribution < 1.29 is 0 Å². The van der Waals surface area contributed by atoms with Gasteiger partial charge in [-0.1, -0.05) is 0 Å². The molecule has 0 aromatic rings. The minimum absolute atomic E-state index is 0.737. The Morgan fingerprint density at radius 1 is 0.667 bits per heavy atom. The van der Waals surface area contributed by atoms with E-state index in [1.807, 2.05) is 0 Å². The van der Waals surface area contributed by atoms with Gasteiger partial charge in [0.25, 0.3) is 0 Å². The number of hydrogen-bond acceptors (Lipinski definition) is 2. The second kappa shape index (κ2) is 8.53. The van der Waals surface area contributed by atoms with Crippen molar-refractivity contribution in [1.29, 1.82) is 0 Å². The number of likely N-dealkylation sites (tertiary alicyclic amines) is 2. The van der Waals surface area contributed by atoms with Crippen LogP contribution in [0.2, 0.25) is 0 Å². The monoisotopic (exact) mass is 294 g/mol. The molecule has 124 valence electrons. The van der Waals surface area contributed by atoms with Crippen molar-refractivity contribution in [3.63, 3.8) is 0 Å². The predicted molar refractivity (Wildman–Crippen MR) is 92.7 cm³/mol. The zero-order chi connectivity index (χ0) is 15.2. The largest absolute Gasteiger partial charge is 0.301 e. The fourth-order valence-corrected chi connectivity index (χ4v) is 4.35. The summed E-state index contributed by atoms with van der Waals surface area (Å²) in [5.74, 6) is 2.01. The van der Waals surface area contributed by atoms with Gasteiger partial charge in [-0.25, -0.2) is 0 Å². The summed E-state index contributed by atoms with van der Waals surface area (Å²) in [6.07, 6.45) is 10.2. The standard InChI is InChI=1S/C19H38N2/c1-16(2)20-11-5-7-18(9-13-20)15-19-8-6-12-21(14-10-19)17(3)4/h16-19H,5-15H2,1-4H3. The van der Waals surface area contributed by atoms with Crippen molar-refractivity contribution in [3.05, 3.63) is 0 Å². The van der Waals surface area contributed by atoms with E-state index >= 15 is 0 Å². The molecule has 2 heterocycles. The molecule has 0 aromatic carbocycles. The molecule has 2 rings (SSSR count). The second-order valence-corrected chi connectivity index (χ2v) is 8.09. The second-order valence-electron chi connectivity index (χ2n) is 8.09. The first-order valence-electron chi connectivity index (χ1n) is 9.54. The molecular weight excluding hydrogens is 256 g/mol. The average molecular weight is 295 g/mol. The molecule has 2 aliphatic heterocycles. The number of nitrogens with zero attached hydrogens (tertiary/aromatic N) is 2. The van der Waals surface area contributed by atoms with Gasteiger partial charge in [-0.2, -0.15) is 0 Å². The normalized spacial score (nSPS) is 30.6. The summed E-state index contributed by atoms with van der Waals surface area (Å²) in [6.45, 7) is 14.8. The van der Waals surface area contributed by atoms with E-state index in [-0.39, 0.29) is 0 Å². The molecule has 0 aromatic heterocycles. The van der Waals surface area contributed by atoms with Crippen molar-refractivity contribution in [2.75, 3.05) is 26.2 Å². The summed E-state index contributed by atoms with van der Waals surface area (Å²) >= 11 is 0. The topological polar surface area (TPSA) is 6.48 Å². The Balaban J connectivity index is 1.76. The van der Waals surface area contributed by atoms with E-state index in [0.717, 1.165) is 23.9 Å². The third-order valence-electron chi connectivity index (χ3n) is 5.89. The molecule has 0 aliphatic carbocycles. The van der Waals surface area contributed by atoms with Crippen molar-refractivity contribution >= 4 is 0 Å². The van der Waals surface area contributed by atoms with Crippen LogP contribution in [0, 0.1) is 11.8 Å². The lowest BCUT2D eigenvalue weighted by Crippen LogP contribution is -2.32. The van der Waals surface area contributed by atoms with Crippen LogP contribution in [0.1, 0.15) is 72.6 Å². The fraction of sp³-hybridized carbons (Fsp3) is 1.00. The Labute approximate surface area is 133 Å². The lowest BCUT2D eigenvalue weighted by molar-refractivity contribution is 0.219. The number of rotatable bonds is 4. The van der Waals surface area contributed by atoms with E-state index in [9.17, 15) is 0 Å². The SMILES string of the molecule is CC(C)N1CCCC(CC2CCCN(C(C)C)CC2)CC1. The first-order chi connectivity index (χ1) is 10.1. The van der Waals surface area contributed by atoms with Crippen molar-refractivity contribution in [2.45, 2.75) is 84.7 Å². The summed E-state index contributed by atoms with van der Waals surface area (Å²) in [5, 5.41) is 0.